The average molecular weight is 484 g/mol. The zero-order chi connectivity index (χ0) is 23.5. The number of carbonyl (C=O) groups excluding carboxylic acids is 2. The third-order valence-corrected chi connectivity index (χ3v) is 8.38. The van der Waals surface area contributed by atoms with Crippen molar-refractivity contribution in [3.63, 3.8) is 0 Å². The Hall–Kier alpha value is -2.49. The van der Waals surface area contributed by atoms with Gasteiger partial charge in [-0.2, -0.15) is 0 Å². The van der Waals surface area contributed by atoms with Crippen molar-refractivity contribution >= 4 is 29.0 Å². The van der Waals surface area contributed by atoms with Gasteiger partial charge in [0.05, 0.1) is 29.3 Å². The number of hydrogen-bond acceptors (Lipinski definition) is 7. The molecule has 2 amide bonds. The number of aromatic nitrogens is 1. The van der Waals surface area contributed by atoms with Crippen LogP contribution in [-0.4, -0.2) is 84.6 Å². The molecule has 3 aliphatic rings. The van der Waals surface area contributed by atoms with Crippen LogP contribution in [-0.2, 0) is 9.53 Å². The number of carbonyl (C=O) groups is 2. The molecule has 0 aliphatic carbocycles. The molecule has 2 aromatic heterocycles. The molecule has 182 valence electrons. The highest BCUT2D eigenvalue weighted by Crippen LogP contribution is 2.34. The summed E-state index contributed by atoms with van der Waals surface area (Å²) in [5.74, 6) is 0.447. The van der Waals surface area contributed by atoms with E-state index in [1.54, 1.807) is 11.3 Å². The Labute approximate surface area is 204 Å². The minimum atomic E-state index is -0.633. The maximum atomic E-state index is 13.7. The van der Waals surface area contributed by atoms with Crippen molar-refractivity contribution in [3.05, 3.63) is 35.2 Å². The molecule has 2 N–H and O–H groups in total. The fourth-order valence-corrected chi connectivity index (χ4v) is 6.18. The molecule has 5 heterocycles. The van der Waals surface area contributed by atoms with Gasteiger partial charge < -0.3 is 20.3 Å². The van der Waals surface area contributed by atoms with Crippen molar-refractivity contribution in [3.8, 4) is 10.6 Å². The van der Waals surface area contributed by atoms with Crippen LogP contribution in [0.3, 0.4) is 0 Å². The SMILES string of the molecule is NC(=O)C1(N2CCCCC2)CCN(C(=O)c2ccc(-c3cccs3)nc2N2CCOCC2)CC1. The topological polar surface area (TPSA) is 92.0 Å². The van der Waals surface area contributed by atoms with Crippen LogP contribution in [0.4, 0.5) is 5.82 Å². The molecule has 9 heteroatoms. The highest BCUT2D eigenvalue weighted by atomic mass is 32.1. The van der Waals surface area contributed by atoms with E-state index >= 15 is 0 Å². The Morgan fingerprint density at radius 3 is 2.35 bits per heavy atom. The van der Waals surface area contributed by atoms with E-state index in [-0.39, 0.29) is 11.8 Å². The molecule has 34 heavy (non-hydrogen) atoms. The zero-order valence-electron chi connectivity index (χ0n) is 19.6. The number of pyridine rings is 1. The number of nitrogens with zero attached hydrogens (tertiary/aromatic N) is 4. The summed E-state index contributed by atoms with van der Waals surface area (Å²) in [6.07, 6.45) is 4.57. The summed E-state index contributed by atoms with van der Waals surface area (Å²) in [4.78, 5) is 38.6. The van der Waals surface area contributed by atoms with Crippen molar-refractivity contribution in [2.24, 2.45) is 5.73 Å². The number of piperidine rings is 2. The molecule has 3 saturated heterocycles. The molecular weight excluding hydrogens is 450 g/mol. The van der Waals surface area contributed by atoms with E-state index in [1.165, 1.54) is 6.42 Å². The lowest BCUT2D eigenvalue weighted by molar-refractivity contribution is -0.134. The van der Waals surface area contributed by atoms with Crippen LogP contribution in [0.2, 0.25) is 0 Å². The standard InChI is InChI=1S/C25H33N5O3S/c26-24(32)25(30-10-2-1-3-11-30)8-12-29(13-9-25)23(31)19-6-7-20(21-5-4-18-34-21)27-22(19)28-14-16-33-17-15-28/h4-7,18H,1-3,8-17H2,(H2,26,32). The molecule has 0 spiro atoms. The van der Waals surface area contributed by atoms with E-state index in [0.717, 1.165) is 42.3 Å². The predicted molar refractivity (Wildman–Crippen MR) is 133 cm³/mol. The van der Waals surface area contributed by atoms with Gasteiger partial charge in [-0.3, -0.25) is 14.5 Å². The number of nitrogens with two attached hydrogens (primary N) is 1. The van der Waals surface area contributed by atoms with E-state index in [4.69, 9.17) is 15.5 Å². The Balaban J connectivity index is 1.38. The van der Waals surface area contributed by atoms with E-state index in [0.29, 0.717) is 57.8 Å². The molecule has 5 rings (SSSR count). The van der Waals surface area contributed by atoms with Gasteiger partial charge in [-0.05, 0) is 62.4 Å². The van der Waals surface area contributed by atoms with Gasteiger partial charge in [0.1, 0.15) is 11.4 Å². The quantitative estimate of drug-likeness (QED) is 0.703. The van der Waals surface area contributed by atoms with E-state index in [2.05, 4.69) is 9.80 Å². The number of ether oxygens (including phenoxy) is 1. The van der Waals surface area contributed by atoms with Gasteiger partial charge in [-0.15, -0.1) is 11.3 Å². The van der Waals surface area contributed by atoms with Crippen LogP contribution >= 0.6 is 11.3 Å². The number of likely N-dealkylation sites (tertiary alicyclic amines) is 2. The first-order chi connectivity index (χ1) is 16.6. The van der Waals surface area contributed by atoms with Gasteiger partial charge >= 0.3 is 0 Å². The molecule has 8 nitrogen and oxygen atoms in total. The van der Waals surface area contributed by atoms with Crippen LogP contribution in [0.1, 0.15) is 42.5 Å². The molecule has 0 bridgehead atoms. The summed E-state index contributed by atoms with van der Waals surface area (Å²) in [6, 6.07) is 7.91. The first kappa shape index (κ1) is 23.3. The number of primary amides is 1. The molecule has 0 unspecified atom stereocenters. The summed E-state index contributed by atoms with van der Waals surface area (Å²) in [5, 5.41) is 2.03. The zero-order valence-corrected chi connectivity index (χ0v) is 20.4. The Morgan fingerprint density at radius 2 is 1.71 bits per heavy atom. The normalized spacial score (nSPS) is 21.4. The highest BCUT2D eigenvalue weighted by molar-refractivity contribution is 7.13. The number of morpholine rings is 1. The molecule has 0 saturated carbocycles. The molecule has 0 atom stereocenters. The number of rotatable bonds is 5. The van der Waals surface area contributed by atoms with Crippen LogP contribution < -0.4 is 10.6 Å². The molecular formula is C25H33N5O3S. The first-order valence-corrected chi connectivity index (χ1v) is 13.2. The van der Waals surface area contributed by atoms with Crippen molar-refractivity contribution in [1.29, 1.82) is 0 Å². The Kier molecular flexibility index (Phi) is 6.85. The van der Waals surface area contributed by atoms with E-state index in [9.17, 15) is 9.59 Å². The second kappa shape index (κ2) is 10.0. The summed E-state index contributed by atoms with van der Waals surface area (Å²) in [5.41, 5.74) is 6.80. The van der Waals surface area contributed by atoms with Crippen LogP contribution in [0.15, 0.2) is 29.6 Å². The lowest BCUT2D eigenvalue weighted by Gasteiger charge is -2.48. The van der Waals surface area contributed by atoms with Crippen LogP contribution in [0, 0.1) is 0 Å². The van der Waals surface area contributed by atoms with Gasteiger partial charge in [-0.25, -0.2) is 4.98 Å². The first-order valence-electron chi connectivity index (χ1n) is 12.3. The van der Waals surface area contributed by atoms with Gasteiger partial charge in [-0.1, -0.05) is 12.5 Å². The molecule has 3 aliphatic heterocycles. The van der Waals surface area contributed by atoms with Crippen LogP contribution in [0.25, 0.3) is 10.6 Å². The second-order valence-electron chi connectivity index (χ2n) is 9.38. The van der Waals surface area contributed by atoms with Gasteiger partial charge in [0.2, 0.25) is 5.91 Å². The van der Waals surface area contributed by atoms with E-state index < -0.39 is 5.54 Å². The molecule has 2 aromatic rings. The minimum absolute atomic E-state index is 0.0246. The lowest BCUT2D eigenvalue weighted by Crippen LogP contribution is -2.63. The Bertz CT molecular complexity index is 1010. The largest absolute Gasteiger partial charge is 0.378 e. The number of hydrogen-bond donors (Lipinski definition) is 1. The maximum Gasteiger partial charge on any atom is 0.257 e. The predicted octanol–water partition coefficient (Wildman–Crippen LogP) is 2.59. The van der Waals surface area contributed by atoms with Gasteiger partial charge in [0, 0.05) is 26.2 Å². The van der Waals surface area contributed by atoms with Crippen LogP contribution in [0.5, 0.6) is 0 Å². The summed E-state index contributed by atoms with van der Waals surface area (Å²) >= 11 is 1.64. The minimum Gasteiger partial charge on any atom is -0.378 e. The van der Waals surface area contributed by atoms with Crippen molar-refractivity contribution in [2.45, 2.75) is 37.6 Å². The fraction of sp³-hybridized carbons (Fsp3) is 0.560. The third-order valence-electron chi connectivity index (χ3n) is 7.49. The lowest BCUT2D eigenvalue weighted by atomic mass is 9.83. The molecule has 3 fully saturated rings. The molecule has 0 radical (unpaired) electrons. The number of thiophene rings is 1. The second-order valence-corrected chi connectivity index (χ2v) is 10.3. The smallest absolute Gasteiger partial charge is 0.257 e. The number of anilines is 1. The highest BCUT2D eigenvalue weighted by Gasteiger charge is 2.46. The van der Waals surface area contributed by atoms with E-state index in [1.807, 2.05) is 34.5 Å². The van der Waals surface area contributed by atoms with Crippen molar-refractivity contribution in [2.75, 3.05) is 57.4 Å². The van der Waals surface area contributed by atoms with Gasteiger partial charge in [0.15, 0.2) is 0 Å². The Morgan fingerprint density at radius 1 is 0.971 bits per heavy atom. The number of amides is 2. The van der Waals surface area contributed by atoms with Crippen molar-refractivity contribution < 1.29 is 14.3 Å². The third kappa shape index (κ3) is 4.44. The summed E-state index contributed by atoms with van der Waals surface area (Å²) in [6.45, 7) is 5.53. The average Bonchev–Trinajstić information content (AvgIpc) is 3.44. The van der Waals surface area contributed by atoms with Crippen molar-refractivity contribution in [1.82, 2.24) is 14.8 Å². The van der Waals surface area contributed by atoms with Gasteiger partial charge in [0.25, 0.3) is 5.91 Å². The molecule has 0 aromatic carbocycles. The monoisotopic (exact) mass is 483 g/mol. The fourth-order valence-electron chi connectivity index (χ4n) is 5.48. The summed E-state index contributed by atoms with van der Waals surface area (Å²) in [7, 11) is 0. The maximum absolute atomic E-state index is 13.7. The summed E-state index contributed by atoms with van der Waals surface area (Å²) < 4.78 is 5.53.